The van der Waals surface area contributed by atoms with Gasteiger partial charge in [-0.3, -0.25) is 0 Å². The molecular weight excluding hydrogens is 287 g/mol. The largest absolute Gasteiger partial charge is 0.207 e. The smallest absolute Gasteiger partial charge is 0.123 e. The SMILES string of the molecule is CCc1ccc(C(Br)c2cccc(F)c2)s1. The maximum absolute atomic E-state index is 13.1. The van der Waals surface area contributed by atoms with Crippen molar-refractivity contribution >= 4 is 27.3 Å². The molecular formula is C13H12BrFS. The fraction of sp³-hybridized carbons (Fsp3) is 0.231. The molecule has 0 nitrogen and oxygen atoms in total. The summed E-state index contributed by atoms with van der Waals surface area (Å²) in [5.74, 6) is -0.186. The molecule has 3 heteroatoms. The Morgan fingerprint density at radius 2 is 2.12 bits per heavy atom. The van der Waals surface area contributed by atoms with E-state index in [-0.39, 0.29) is 10.6 Å². The molecule has 0 aliphatic rings. The van der Waals surface area contributed by atoms with E-state index in [0.29, 0.717) is 0 Å². The molecule has 1 unspecified atom stereocenters. The fourth-order valence-corrected chi connectivity index (χ4v) is 3.23. The van der Waals surface area contributed by atoms with Gasteiger partial charge in [0.1, 0.15) is 5.82 Å². The minimum atomic E-state index is -0.186. The highest BCUT2D eigenvalue weighted by molar-refractivity contribution is 9.09. The molecule has 0 N–H and O–H groups in total. The van der Waals surface area contributed by atoms with E-state index in [1.807, 2.05) is 6.07 Å². The van der Waals surface area contributed by atoms with Crippen LogP contribution in [0.25, 0.3) is 0 Å². The summed E-state index contributed by atoms with van der Waals surface area (Å²) >= 11 is 5.39. The van der Waals surface area contributed by atoms with Gasteiger partial charge in [0.15, 0.2) is 0 Å². The second-order valence-electron chi connectivity index (χ2n) is 3.58. The summed E-state index contributed by atoms with van der Waals surface area (Å²) in [6.45, 7) is 2.14. The number of alkyl halides is 1. The van der Waals surface area contributed by atoms with Crippen LogP contribution >= 0.6 is 27.3 Å². The van der Waals surface area contributed by atoms with Gasteiger partial charge in [0, 0.05) is 9.75 Å². The first-order valence-electron chi connectivity index (χ1n) is 5.19. The first-order valence-corrected chi connectivity index (χ1v) is 6.92. The van der Waals surface area contributed by atoms with Gasteiger partial charge in [-0.1, -0.05) is 35.0 Å². The lowest BCUT2D eigenvalue weighted by atomic mass is 10.1. The molecule has 2 aromatic rings. The third kappa shape index (κ3) is 2.53. The summed E-state index contributed by atoms with van der Waals surface area (Å²) in [6, 6.07) is 11.0. The zero-order valence-electron chi connectivity index (χ0n) is 8.91. The predicted octanol–water partition coefficient (Wildman–Crippen LogP) is 4.93. The van der Waals surface area contributed by atoms with Crippen LogP contribution in [0.15, 0.2) is 36.4 Å². The van der Waals surface area contributed by atoms with E-state index in [4.69, 9.17) is 0 Å². The Kier molecular flexibility index (Phi) is 3.77. The van der Waals surface area contributed by atoms with Crippen LogP contribution < -0.4 is 0 Å². The highest BCUT2D eigenvalue weighted by Crippen LogP contribution is 2.35. The molecule has 0 aliphatic carbocycles. The minimum absolute atomic E-state index is 0.0912. The van der Waals surface area contributed by atoms with Crippen LogP contribution in [0.4, 0.5) is 4.39 Å². The lowest BCUT2D eigenvalue weighted by Crippen LogP contribution is -1.89. The van der Waals surface area contributed by atoms with E-state index < -0.39 is 0 Å². The Balaban J connectivity index is 2.27. The number of aryl methyl sites for hydroxylation is 1. The minimum Gasteiger partial charge on any atom is -0.207 e. The molecule has 0 saturated carbocycles. The van der Waals surface area contributed by atoms with Gasteiger partial charge in [0.05, 0.1) is 4.83 Å². The molecule has 1 heterocycles. The van der Waals surface area contributed by atoms with Crippen molar-refractivity contribution < 1.29 is 4.39 Å². The van der Waals surface area contributed by atoms with E-state index in [0.717, 1.165) is 12.0 Å². The van der Waals surface area contributed by atoms with E-state index >= 15 is 0 Å². The number of rotatable bonds is 3. The van der Waals surface area contributed by atoms with Crippen molar-refractivity contribution in [3.05, 3.63) is 57.5 Å². The Morgan fingerprint density at radius 3 is 2.75 bits per heavy atom. The molecule has 0 fully saturated rings. The second-order valence-corrected chi connectivity index (χ2v) is 5.69. The van der Waals surface area contributed by atoms with Gasteiger partial charge >= 0.3 is 0 Å². The molecule has 1 aromatic carbocycles. The van der Waals surface area contributed by atoms with Crippen molar-refractivity contribution in [2.45, 2.75) is 18.2 Å². The zero-order valence-corrected chi connectivity index (χ0v) is 11.3. The lowest BCUT2D eigenvalue weighted by molar-refractivity contribution is 0.626. The first kappa shape index (κ1) is 11.8. The summed E-state index contributed by atoms with van der Waals surface area (Å²) in [5.41, 5.74) is 0.963. The molecule has 0 saturated heterocycles. The van der Waals surface area contributed by atoms with Crippen molar-refractivity contribution in [1.29, 1.82) is 0 Å². The van der Waals surface area contributed by atoms with Crippen LogP contribution in [0.3, 0.4) is 0 Å². The number of thiophene rings is 1. The van der Waals surface area contributed by atoms with E-state index in [1.165, 1.54) is 15.8 Å². The lowest BCUT2D eigenvalue weighted by Gasteiger charge is -2.07. The summed E-state index contributed by atoms with van der Waals surface area (Å²) in [6.07, 6.45) is 1.05. The van der Waals surface area contributed by atoms with E-state index in [1.54, 1.807) is 23.5 Å². The number of hydrogen-bond acceptors (Lipinski definition) is 1. The van der Waals surface area contributed by atoms with E-state index in [2.05, 4.69) is 35.0 Å². The first-order chi connectivity index (χ1) is 7.70. The summed E-state index contributed by atoms with van der Waals surface area (Å²) in [7, 11) is 0. The Hall–Kier alpha value is -0.670. The Morgan fingerprint density at radius 1 is 1.31 bits per heavy atom. The normalized spacial score (nSPS) is 12.7. The van der Waals surface area contributed by atoms with Crippen LogP contribution in [0.1, 0.15) is 27.1 Å². The Bertz CT molecular complexity index is 478. The molecule has 0 aliphatic heterocycles. The molecule has 84 valence electrons. The average Bonchev–Trinajstić information content (AvgIpc) is 2.76. The van der Waals surface area contributed by atoms with Gasteiger partial charge in [0.25, 0.3) is 0 Å². The summed E-state index contributed by atoms with van der Waals surface area (Å²) < 4.78 is 13.1. The molecule has 0 amide bonds. The third-order valence-corrected chi connectivity index (χ3v) is 5.04. The number of hydrogen-bond donors (Lipinski definition) is 0. The maximum atomic E-state index is 13.1. The highest BCUT2D eigenvalue weighted by Gasteiger charge is 2.12. The second kappa shape index (κ2) is 5.11. The average molecular weight is 299 g/mol. The van der Waals surface area contributed by atoms with Crippen molar-refractivity contribution in [2.75, 3.05) is 0 Å². The van der Waals surface area contributed by atoms with Crippen LogP contribution in [-0.4, -0.2) is 0 Å². The van der Waals surface area contributed by atoms with Crippen LogP contribution in [0.2, 0.25) is 0 Å². The van der Waals surface area contributed by atoms with Gasteiger partial charge in [-0.15, -0.1) is 11.3 Å². The van der Waals surface area contributed by atoms with Gasteiger partial charge in [0.2, 0.25) is 0 Å². The summed E-state index contributed by atoms with van der Waals surface area (Å²) in [4.78, 5) is 2.67. The maximum Gasteiger partial charge on any atom is 0.123 e. The standard InChI is InChI=1S/C13H12BrFS/c1-2-11-6-7-12(16-11)13(14)9-4-3-5-10(15)8-9/h3-8,13H,2H2,1H3. The number of benzene rings is 1. The Labute approximate surface area is 107 Å². The molecule has 0 spiro atoms. The van der Waals surface area contributed by atoms with E-state index in [9.17, 15) is 4.39 Å². The monoisotopic (exact) mass is 298 g/mol. The van der Waals surface area contributed by atoms with Gasteiger partial charge in [-0.2, -0.15) is 0 Å². The topological polar surface area (TPSA) is 0 Å². The molecule has 0 bridgehead atoms. The quantitative estimate of drug-likeness (QED) is 0.705. The van der Waals surface area contributed by atoms with Crippen LogP contribution in [0, 0.1) is 5.82 Å². The fourth-order valence-electron chi connectivity index (χ4n) is 1.55. The third-order valence-electron chi connectivity index (χ3n) is 2.42. The van der Waals surface area contributed by atoms with Gasteiger partial charge < -0.3 is 0 Å². The molecule has 0 radical (unpaired) electrons. The van der Waals surface area contributed by atoms with Crippen molar-refractivity contribution in [1.82, 2.24) is 0 Å². The van der Waals surface area contributed by atoms with Gasteiger partial charge in [-0.05, 0) is 36.2 Å². The van der Waals surface area contributed by atoms with Crippen LogP contribution in [-0.2, 0) is 6.42 Å². The predicted molar refractivity (Wildman–Crippen MR) is 70.9 cm³/mol. The highest BCUT2D eigenvalue weighted by atomic mass is 79.9. The van der Waals surface area contributed by atoms with Crippen LogP contribution in [0.5, 0.6) is 0 Å². The van der Waals surface area contributed by atoms with Crippen molar-refractivity contribution in [3.63, 3.8) is 0 Å². The van der Waals surface area contributed by atoms with Gasteiger partial charge in [-0.25, -0.2) is 4.39 Å². The number of halogens is 2. The molecule has 16 heavy (non-hydrogen) atoms. The summed E-state index contributed by atoms with van der Waals surface area (Å²) in [5, 5.41) is 0. The zero-order chi connectivity index (χ0) is 11.5. The molecule has 1 atom stereocenters. The molecule has 1 aromatic heterocycles. The van der Waals surface area contributed by atoms with Crippen molar-refractivity contribution in [3.8, 4) is 0 Å². The molecule has 2 rings (SSSR count). The van der Waals surface area contributed by atoms with Crippen molar-refractivity contribution in [2.24, 2.45) is 0 Å².